The van der Waals surface area contributed by atoms with Crippen LogP contribution in [0.5, 0.6) is 0 Å². The van der Waals surface area contributed by atoms with Crippen LogP contribution in [0.25, 0.3) is 0 Å². The molecule has 5 heavy (non-hydrogen) atoms. The monoisotopic (exact) mass is 295 g/mol. The van der Waals surface area contributed by atoms with Gasteiger partial charge in [0.25, 0.3) is 0 Å². The highest BCUT2D eigenvalue weighted by Crippen LogP contribution is 1.90. The van der Waals surface area contributed by atoms with Gasteiger partial charge in [-0.15, -0.1) is 0 Å². The summed E-state index contributed by atoms with van der Waals surface area (Å²) in [4.78, 5) is 0. The Kier molecular flexibility index (Phi) is 7.05. The molecule has 0 bridgehead atoms. The van der Waals surface area contributed by atoms with E-state index in [-0.39, 0.29) is 0 Å². The molecular formula is C3H5I2. The number of halogens is 2. The van der Waals surface area contributed by atoms with Gasteiger partial charge in [-0.3, -0.25) is 0 Å². The standard InChI is InChI=1S/C3H5I2/c4-2-1-3-5/h1H,2-3H2. The third-order valence-electron chi connectivity index (χ3n) is 0.218. The fourth-order valence-electron chi connectivity index (χ4n) is 0.0412. The maximum absolute atomic E-state index is 2.33. The van der Waals surface area contributed by atoms with Crippen molar-refractivity contribution in [3.8, 4) is 0 Å². The van der Waals surface area contributed by atoms with Crippen molar-refractivity contribution >= 4 is 45.2 Å². The van der Waals surface area contributed by atoms with Crippen LogP contribution in [0, 0.1) is 6.42 Å². The first kappa shape index (κ1) is 6.46. The van der Waals surface area contributed by atoms with Crippen LogP contribution in [0.1, 0.15) is 0 Å². The van der Waals surface area contributed by atoms with Gasteiger partial charge in [-0.25, -0.2) is 0 Å². The first-order valence-corrected chi connectivity index (χ1v) is 4.40. The lowest BCUT2D eigenvalue weighted by Crippen LogP contribution is -1.71. The summed E-state index contributed by atoms with van der Waals surface area (Å²) in [6.45, 7) is 0. The highest BCUT2D eigenvalue weighted by molar-refractivity contribution is 14.1. The molecule has 0 heterocycles. The molecule has 0 atom stereocenters. The predicted molar refractivity (Wildman–Crippen MR) is 42.1 cm³/mol. The molecule has 0 aliphatic carbocycles. The van der Waals surface area contributed by atoms with Gasteiger partial charge in [0.15, 0.2) is 0 Å². The fourth-order valence-corrected chi connectivity index (χ4v) is 1.86. The molecular weight excluding hydrogens is 290 g/mol. The van der Waals surface area contributed by atoms with E-state index in [1.165, 1.54) is 8.86 Å². The second-order valence-electron chi connectivity index (χ2n) is 0.597. The molecule has 2 heteroatoms. The Labute approximate surface area is 60.0 Å². The van der Waals surface area contributed by atoms with Crippen molar-refractivity contribution in [1.29, 1.82) is 0 Å². The second kappa shape index (κ2) is 5.46. The summed E-state index contributed by atoms with van der Waals surface area (Å²) in [5.74, 6) is 0. The van der Waals surface area contributed by atoms with Crippen LogP contribution in [-0.2, 0) is 0 Å². The van der Waals surface area contributed by atoms with Crippen LogP contribution in [0.4, 0.5) is 0 Å². The molecule has 0 unspecified atom stereocenters. The first-order chi connectivity index (χ1) is 2.41. The molecule has 0 aromatic heterocycles. The normalized spacial score (nSPS) is 8.40. The number of alkyl halides is 2. The van der Waals surface area contributed by atoms with Crippen molar-refractivity contribution in [2.24, 2.45) is 0 Å². The molecule has 0 fully saturated rings. The van der Waals surface area contributed by atoms with E-state index in [1.807, 2.05) is 0 Å². The minimum Gasteiger partial charge on any atom is -0.0860 e. The minimum atomic E-state index is 1.18. The van der Waals surface area contributed by atoms with Gasteiger partial charge in [0.05, 0.1) is 0 Å². The largest absolute Gasteiger partial charge is 0.0860 e. The number of hydrogen-bond acceptors (Lipinski definition) is 0. The molecule has 31 valence electrons. The third-order valence-corrected chi connectivity index (χ3v) is 1.46. The summed E-state index contributed by atoms with van der Waals surface area (Å²) in [7, 11) is 0. The second-order valence-corrected chi connectivity index (χ2v) is 2.36. The van der Waals surface area contributed by atoms with Gasteiger partial charge in [0, 0.05) is 8.86 Å². The van der Waals surface area contributed by atoms with Gasteiger partial charge < -0.3 is 0 Å². The Morgan fingerprint density at radius 3 is 1.60 bits per heavy atom. The van der Waals surface area contributed by atoms with E-state index in [4.69, 9.17) is 0 Å². The highest BCUT2D eigenvalue weighted by Gasteiger charge is 1.72. The average Bonchev–Trinajstić information content (AvgIpc) is 1.41. The molecule has 1 radical (unpaired) electrons. The number of rotatable bonds is 2. The Balaban J connectivity index is 2.19. The lowest BCUT2D eigenvalue weighted by atomic mass is 10.6. The van der Waals surface area contributed by atoms with Gasteiger partial charge in [0.2, 0.25) is 0 Å². The van der Waals surface area contributed by atoms with Gasteiger partial charge in [-0.1, -0.05) is 45.2 Å². The molecule has 0 saturated carbocycles. The van der Waals surface area contributed by atoms with E-state index >= 15 is 0 Å². The lowest BCUT2D eigenvalue weighted by molar-refractivity contribution is 1.52. The van der Waals surface area contributed by atoms with Crippen LogP contribution in [0.15, 0.2) is 0 Å². The van der Waals surface area contributed by atoms with E-state index < -0.39 is 0 Å². The summed E-state index contributed by atoms with van der Waals surface area (Å²) in [5, 5.41) is 0. The zero-order valence-corrected chi connectivity index (χ0v) is 7.06. The molecule has 0 rings (SSSR count). The van der Waals surface area contributed by atoms with E-state index in [0.29, 0.717) is 0 Å². The van der Waals surface area contributed by atoms with Crippen molar-refractivity contribution in [2.45, 2.75) is 0 Å². The topological polar surface area (TPSA) is 0 Å². The minimum absolute atomic E-state index is 1.18. The maximum Gasteiger partial charge on any atom is 0.00342 e. The number of hydrogen-bond donors (Lipinski definition) is 0. The van der Waals surface area contributed by atoms with Crippen molar-refractivity contribution in [2.75, 3.05) is 8.86 Å². The van der Waals surface area contributed by atoms with Crippen molar-refractivity contribution in [3.63, 3.8) is 0 Å². The molecule has 0 aromatic rings. The Hall–Kier alpha value is 1.46. The average molecular weight is 295 g/mol. The molecule has 0 aliphatic rings. The van der Waals surface area contributed by atoms with E-state index in [1.54, 1.807) is 0 Å². The molecule has 0 amide bonds. The Morgan fingerprint density at radius 2 is 1.60 bits per heavy atom. The van der Waals surface area contributed by atoms with Crippen LogP contribution < -0.4 is 0 Å². The SMILES string of the molecule is IC[CH]CI. The first-order valence-electron chi connectivity index (χ1n) is 1.35. The van der Waals surface area contributed by atoms with Crippen molar-refractivity contribution in [1.82, 2.24) is 0 Å². The van der Waals surface area contributed by atoms with Gasteiger partial charge in [0.1, 0.15) is 0 Å². The van der Waals surface area contributed by atoms with Gasteiger partial charge in [-0.05, 0) is 6.42 Å². The van der Waals surface area contributed by atoms with Crippen molar-refractivity contribution < 1.29 is 0 Å². The Bertz CT molecular complexity index is 12.4. The zero-order valence-electron chi connectivity index (χ0n) is 2.75. The summed E-state index contributed by atoms with van der Waals surface area (Å²) >= 11 is 4.65. The van der Waals surface area contributed by atoms with Crippen LogP contribution in [0.2, 0.25) is 0 Å². The summed E-state index contributed by atoms with van der Waals surface area (Å²) in [6.07, 6.45) is 2.22. The predicted octanol–water partition coefficient (Wildman–Crippen LogP) is 2.06. The van der Waals surface area contributed by atoms with Crippen LogP contribution >= 0.6 is 45.2 Å². The summed E-state index contributed by atoms with van der Waals surface area (Å²) in [6, 6.07) is 0. The molecule has 0 spiro atoms. The van der Waals surface area contributed by atoms with Gasteiger partial charge in [-0.2, -0.15) is 0 Å². The van der Waals surface area contributed by atoms with Crippen molar-refractivity contribution in [3.05, 3.63) is 6.42 Å². The molecule has 0 nitrogen and oxygen atoms in total. The van der Waals surface area contributed by atoms with Crippen LogP contribution in [0.3, 0.4) is 0 Å². The molecule has 0 aliphatic heterocycles. The Morgan fingerprint density at radius 1 is 1.20 bits per heavy atom. The summed E-state index contributed by atoms with van der Waals surface area (Å²) in [5.41, 5.74) is 0. The maximum atomic E-state index is 2.33. The van der Waals surface area contributed by atoms with E-state index in [0.717, 1.165) is 0 Å². The third kappa shape index (κ3) is 5.46. The smallest absolute Gasteiger partial charge is 0.00342 e. The summed E-state index contributed by atoms with van der Waals surface area (Å²) < 4.78 is 2.36. The highest BCUT2D eigenvalue weighted by atomic mass is 127. The van der Waals surface area contributed by atoms with Gasteiger partial charge >= 0.3 is 0 Å². The zero-order chi connectivity index (χ0) is 4.12. The van der Waals surface area contributed by atoms with E-state index in [9.17, 15) is 0 Å². The van der Waals surface area contributed by atoms with Crippen LogP contribution in [-0.4, -0.2) is 8.86 Å². The van der Waals surface area contributed by atoms with E-state index in [2.05, 4.69) is 51.6 Å². The quantitative estimate of drug-likeness (QED) is 0.540. The molecule has 0 N–H and O–H groups in total. The molecule has 0 saturated heterocycles. The fraction of sp³-hybridized carbons (Fsp3) is 0.667. The molecule has 0 aromatic carbocycles. The lowest BCUT2D eigenvalue weighted by Gasteiger charge is -1.75.